The van der Waals surface area contributed by atoms with E-state index < -0.39 is 42.5 Å². The lowest BCUT2D eigenvalue weighted by molar-refractivity contribution is -0.147. The van der Waals surface area contributed by atoms with Gasteiger partial charge in [0.25, 0.3) is 5.91 Å². The molecule has 0 saturated carbocycles. The second-order valence-electron chi connectivity index (χ2n) is 5.18. The van der Waals surface area contributed by atoms with Crippen molar-refractivity contribution >= 4 is 29.0 Å². The molecule has 1 heterocycles. The van der Waals surface area contributed by atoms with Gasteiger partial charge >= 0.3 is 5.97 Å². The molecule has 2 aromatic rings. The van der Waals surface area contributed by atoms with Gasteiger partial charge in [-0.15, -0.1) is 11.3 Å². The summed E-state index contributed by atoms with van der Waals surface area (Å²) in [6, 6.07) is 7.13. The number of Topliss-reactive ketones (excluding diaryl/α,β-unsaturated/α-hetero) is 1. The Kier molecular flexibility index (Phi) is 6.52. The quantitative estimate of drug-likeness (QED) is 0.738. The number of nitrogens with zero attached hydrogens (tertiary/aromatic N) is 2. The number of halogens is 1. The number of aryl methyl sites for hydroxylation is 1. The number of ether oxygens (including phenoxy) is 1. The van der Waals surface area contributed by atoms with Crippen molar-refractivity contribution in [2.45, 2.75) is 12.8 Å². The largest absolute Gasteiger partial charge is 0.456 e. The molecule has 0 fully saturated rings. The molecule has 1 amide bonds. The predicted octanol–water partition coefficient (Wildman–Crippen LogP) is 1.74. The van der Waals surface area contributed by atoms with Crippen molar-refractivity contribution in [1.82, 2.24) is 10.3 Å². The number of amides is 1. The normalized spacial score (nSPS) is 11.3. The fourth-order valence-electron chi connectivity index (χ4n) is 1.95. The van der Waals surface area contributed by atoms with Crippen molar-refractivity contribution < 1.29 is 23.5 Å². The van der Waals surface area contributed by atoms with Crippen LogP contribution in [0.15, 0.2) is 29.6 Å². The van der Waals surface area contributed by atoms with Crippen LogP contribution in [-0.4, -0.2) is 35.8 Å². The van der Waals surface area contributed by atoms with Gasteiger partial charge in [-0.3, -0.25) is 14.4 Å². The van der Waals surface area contributed by atoms with E-state index in [0.717, 1.165) is 6.07 Å². The summed E-state index contributed by atoms with van der Waals surface area (Å²) in [4.78, 5) is 39.5. The van der Waals surface area contributed by atoms with Gasteiger partial charge in [-0.05, 0) is 19.1 Å². The van der Waals surface area contributed by atoms with Crippen molar-refractivity contribution in [3.05, 3.63) is 51.7 Å². The number of nitrogens with one attached hydrogen (secondary N) is 1. The van der Waals surface area contributed by atoms with Crippen LogP contribution in [0.25, 0.3) is 0 Å². The molecule has 1 aromatic heterocycles. The molecule has 0 aliphatic rings. The number of nitriles is 1. The fourth-order valence-corrected chi connectivity index (χ4v) is 2.81. The number of thiazole rings is 1. The molecule has 1 atom stereocenters. The van der Waals surface area contributed by atoms with Crippen LogP contribution in [0.5, 0.6) is 0 Å². The molecule has 134 valence electrons. The third kappa shape index (κ3) is 4.94. The van der Waals surface area contributed by atoms with E-state index in [2.05, 4.69) is 10.3 Å². The highest BCUT2D eigenvalue weighted by molar-refractivity contribution is 7.09. The SMILES string of the molecule is Cc1csc([C@H](C#N)C(=O)COC(=O)CNC(=O)c2ccccc2F)n1. The Labute approximate surface area is 152 Å². The first-order valence-corrected chi connectivity index (χ1v) is 8.33. The van der Waals surface area contributed by atoms with E-state index in [1.54, 1.807) is 12.3 Å². The fraction of sp³-hybridized carbons (Fsp3) is 0.235. The highest BCUT2D eigenvalue weighted by Gasteiger charge is 2.24. The average Bonchev–Trinajstić information content (AvgIpc) is 3.05. The highest BCUT2D eigenvalue weighted by atomic mass is 32.1. The molecule has 2 rings (SSSR count). The van der Waals surface area contributed by atoms with Crippen LogP contribution in [-0.2, 0) is 14.3 Å². The number of rotatable bonds is 7. The molecule has 0 aliphatic carbocycles. The molecule has 0 spiro atoms. The molecule has 0 bridgehead atoms. The summed E-state index contributed by atoms with van der Waals surface area (Å²) in [5.41, 5.74) is 0.478. The first-order valence-electron chi connectivity index (χ1n) is 7.45. The molecule has 0 saturated heterocycles. The maximum atomic E-state index is 13.5. The van der Waals surface area contributed by atoms with Crippen molar-refractivity contribution in [2.24, 2.45) is 0 Å². The number of hydrogen-bond acceptors (Lipinski definition) is 7. The first kappa shape index (κ1) is 19.2. The van der Waals surface area contributed by atoms with Gasteiger partial charge in [0.15, 0.2) is 18.3 Å². The van der Waals surface area contributed by atoms with Crippen LogP contribution < -0.4 is 5.32 Å². The first-order chi connectivity index (χ1) is 12.4. The van der Waals surface area contributed by atoms with E-state index in [4.69, 9.17) is 10.00 Å². The molecule has 0 radical (unpaired) electrons. The number of ketones is 1. The van der Waals surface area contributed by atoms with Gasteiger partial charge < -0.3 is 10.1 Å². The zero-order chi connectivity index (χ0) is 19.1. The van der Waals surface area contributed by atoms with Crippen molar-refractivity contribution in [3.63, 3.8) is 0 Å². The number of benzene rings is 1. The monoisotopic (exact) mass is 375 g/mol. The van der Waals surface area contributed by atoms with Gasteiger partial charge in [0, 0.05) is 11.1 Å². The Hall–Kier alpha value is -3.12. The van der Waals surface area contributed by atoms with Gasteiger partial charge in [0.1, 0.15) is 17.4 Å². The number of aromatic nitrogens is 1. The molecular weight excluding hydrogens is 361 g/mol. The van der Waals surface area contributed by atoms with Crippen molar-refractivity contribution in [3.8, 4) is 6.07 Å². The molecule has 1 N–H and O–H groups in total. The van der Waals surface area contributed by atoms with E-state index in [0.29, 0.717) is 10.7 Å². The topological polar surface area (TPSA) is 109 Å². The summed E-state index contributed by atoms with van der Waals surface area (Å²) in [6.45, 7) is 0.580. The van der Waals surface area contributed by atoms with E-state index in [9.17, 15) is 18.8 Å². The van der Waals surface area contributed by atoms with Crippen LogP contribution in [0.3, 0.4) is 0 Å². The predicted molar refractivity (Wildman–Crippen MR) is 89.9 cm³/mol. The number of esters is 1. The zero-order valence-corrected chi connectivity index (χ0v) is 14.5. The maximum Gasteiger partial charge on any atom is 0.325 e. The Morgan fingerprint density at radius 1 is 1.38 bits per heavy atom. The number of carbonyl (C=O) groups is 3. The molecule has 0 unspecified atom stereocenters. The second-order valence-corrected chi connectivity index (χ2v) is 6.07. The van der Waals surface area contributed by atoms with Gasteiger partial charge in [0.2, 0.25) is 0 Å². The summed E-state index contributed by atoms with van der Waals surface area (Å²) in [5, 5.41) is 13.4. The van der Waals surface area contributed by atoms with Crippen LogP contribution >= 0.6 is 11.3 Å². The van der Waals surface area contributed by atoms with E-state index in [1.807, 2.05) is 6.07 Å². The molecule has 26 heavy (non-hydrogen) atoms. The lowest BCUT2D eigenvalue weighted by Gasteiger charge is -2.08. The lowest BCUT2D eigenvalue weighted by atomic mass is 10.1. The Bertz CT molecular complexity index is 875. The van der Waals surface area contributed by atoms with E-state index in [-0.39, 0.29) is 5.56 Å². The van der Waals surface area contributed by atoms with Gasteiger partial charge in [-0.1, -0.05) is 12.1 Å². The zero-order valence-electron chi connectivity index (χ0n) is 13.7. The van der Waals surface area contributed by atoms with Crippen LogP contribution in [0.2, 0.25) is 0 Å². The average molecular weight is 375 g/mol. The Morgan fingerprint density at radius 3 is 2.73 bits per heavy atom. The summed E-state index contributed by atoms with van der Waals surface area (Å²) < 4.78 is 18.2. The third-order valence-corrected chi connectivity index (χ3v) is 4.25. The van der Waals surface area contributed by atoms with Gasteiger partial charge in [-0.2, -0.15) is 5.26 Å². The lowest BCUT2D eigenvalue weighted by Crippen LogP contribution is -2.32. The summed E-state index contributed by atoms with van der Waals surface area (Å²) in [5.74, 6) is -4.11. The van der Waals surface area contributed by atoms with Crippen LogP contribution in [0, 0.1) is 24.1 Å². The van der Waals surface area contributed by atoms with Gasteiger partial charge in [-0.25, -0.2) is 9.37 Å². The molecular formula is C17H14FN3O4S. The smallest absolute Gasteiger partial charge is 0.325 e. The summed E-state index contributed by atoms with van der Waals surface area (Å²) in [6.07, 6.45) is 0. The summed E-state index contributed by atoms with van der Waals surface area (Å²) >= 11 is 1.17. The second kappa shape index (κ2) is 8.82. The maximum absolute atomic E-state index is 13.5. The minimum atomic E-state index is -1.12. The summed E-state index contributed by atoms with van der Waals surface area (Å²) in [7, 11) is 0. The molecule has 9 heteroatoms. The standard InChI is InChI=1S/C17H14FN3O4S/c1-10-9-26-17(21-10)12(6-19)14(22)8-25-15(23)7-20-16(24)11-4-2-3-5-13(11)18/h2-5,9,12H,7-8H2,1H3,(H,20,24)/t12-/m1/s1. The molecule has 1 aromatic carbocycles. The number of hydrogen-bond donors (Lipinski definition) is 1. The van der Waals surface area contributed by atoms with Crippen molar-refractivity contribution in [2.75, 3.05) is 13.2 Å². The number of carbonyl (C=O) groups excluding carboxylic acids is 3. The Morgan fingerprint density at radius 2 is 2.12 bits per heavy atom. The van der Waals surface area contributed by atoms with Crippen molar-refractivity contribution in [1.29, 1.82) is 5.26 Å². The van der Waals surface area contributed by atoms with Crippen LogP contribution in [0.1, 0.15) is 27.0 Å². The Balaban J connectivity index is 1.83. The minimum absolute atomic E-state index is 0.208. The highest BCUT2D eigenvalue weighted by Crippen LogP contribution is 2.20. The van der Waals surface area contributed by atoms with E-state index in [1.165, 1.54) is 29.5 Å². The third-order valence-electron chi connectivity index (χ3n) is 3.22. The van der Waals surface area contributed by atoms with E-state index >= 15 is 0 Å². The molecule has 0 aliphatic heterocycles. The van der Waals surface area contributed by atoms with Gasteiger partial charge in [0.05, 0.1) is 11.6 Å². The van der Waals surface area contributed by atoms with Crippen LogP contribution in [0.4, 0.5) is 4.39 Å². The molecule has 7 nitrogen and oxygen atoms in total. The minimum Gasteiger partial charge on any atom is -0.456 e.